The first-order valence-electron chi connectivity index (χ1n) is 20.1. The Morgan fingerprint density at radius 1 is 0.237 bits per heavy atom. The Balaban J connectivity index is 1.01. The summed E-state index contributed by atoms with van der Waals surface area (Å²) in [6.07, 6.45) is 0. The van der Waals surface area contributed by atoms with Gasteiger partial charge in [-0.05, 0) is 146 Å². The van der Waals surface area contributed by atoms with Crippen LogP contribution >= 0.6 is 22.7 Å². The summed E-state index contributed by atoms with van der Waals surface area (Å²) in [4.78, 5) is 2.38. The normalized spacial score (nSPS) is 11.7. The van der Waals surface area contributed by atoms with Gasteiger partial charge in [-0.15, -0.1) is 22.7 Å². The van der Waals surface area contributed by atoms with Gasteiger partial charge >= 0.3 is 0 Å². The lowest BCUT2D eigenvalue weighted by Crippen LogP contribution is -2.09. The van der Waals surface area contributed by atoms with Crippen LogP contribution in [0.15, 0.2) is 212 Å². The molecule has 10 aromatic carbocycles. The van der Waals surface area contributed by atoms with Crippen LogP contribution in [0.5, 0.6) is 0 Å². The van der Waals surface area contributed by atoms with Crippen molar-refractivity contribution in [2.24, 2.45) is 0 Å². The molecule has 0 bridgehead atoms. The van der Waals surface area contributed by atoms with E-state index in [2.05, 4.69) is 217 Å². The third-order valence-electron chi connectivity index (χ3n) is 11.8. The molecule has 0 saturated carbocycles. The predicted molar refractivity (Wildman–Crippen MR) is 258 cm³/mol. The SMILES string of the molecule is c1ccc2cc(N(c3ccc(-c4cc(-c5ccc6sc7ccccc7c6c5)cc(-c5ccc6sc7ccccc7c6c5)c4)cc3)c3ccc4ccccc4c3)ccc2c1. The van der Waals surface area contributed by atoms with Crippen LogP contribution in [0.2, 0.25) is 0 Å². The molecule has 0 unspecified atom stereocenters. The molecule has 12 rings (SSSR count). The number of rotatable bonds is 6. The first-order valence-corrected chi connectivity index (χ1v) is 21.7. The highest BCUT2D eigenvalue weighted by Crippen LogP contribution is 2.42. The van der Waals surface area contributed by atoms with E-state index < -0.39 is 0 Å². The van der Waals surface area contributed by atoms with Crippen molar-refractivity contribution >= 4 is 102 Å². The van der Waals surface area contributed by atoms with Crippen LogP contribution in [0, 0.1) is 0 Å². The first-order chi connectivity index (χ1) is 29.2. The minimum absolute atomic E-state index is 1.11. The van der Waals surface area contributed by atoms with Crippen LogP contribution in [-0.4, -0.2) is 0 Å². The zero-order valence-corrected chi connectivity index (χ0v) is 33.6. The van der Waals surface area contributed by atoms with Gasteiger partial charge in [0.2, 0.25) is 0 Å². The third-order valence-corrected chi connectivity index (χ3v) is 14.1. The fourth-order valence-corrected chi connectivity index (χ4v) is 11.0. The predicted octanol–water partition coefficient (Wildman–Crippen LogP) is 17.2. The smallest absolute Gasteiger partial charge is 0.0468 e. The van der Waals surface area contributed by atoms with Gasteiger partial charge in [-0.25, -0.2) is 0 Å². The maximum Gasteiger partial charge on any atom is 0.0468 e. The van der Waals surface area contributed by atoms with Gasteiger partial charge in [-0.1, -0.05) is 121 Å². The molecule has 59 heavy (non-hydrogen) atoms. The van der Waals surface area contributed by atoms with Crippen molar-refractivity contribution in [1.82, 2.24) is 0 Å². The number of anilines is 3. The van der Waals surface area contributed by atoms with Gasteiger partial charge in [0, 0.05) is 57.4 Å². The Kier molecular flexibility index (Phi) is 7.97. The zero-order chi connectivity index (χ0) is 38.9. The molecule has 0 aliphatic heterocycles. The lowest BCUT2D eigenvalue weighted by molar-refractivity contribution is 1.29. The van der Waals surface area contributed by atoms with Crippen molar-refractivity contribution in [3.63, 3.8) is 0 Å². The average molecular weight is 786 g/mol. The van der Waals surface area contributed by atoms with Crippen LogP contribution in [0.1, 0.15) is 0 Å². The van der Waals surface area contributed by atoms with E-state index in [0.29, 0.717) is 0 Å². The molecule has 0 atom stereocenters. The highest BCUT2D eigenvalue weighted by atomic mass is 32.1. The summed E-state index contributed by atoms with van der Waals surface area (Å²) < 4.78 is 5.29. The van der Waals surface area contributed by atoms with Crippen molar-refractivity contribution in [2.45, 2.75) is 0 Å². The Labute approximate surface area is 350 Å². The zero-order valence-electron chi connectivity index (χ0n) is 32.0. The number of hydrogen-bond donors (Lipinski definition) is 0. The molecule has 2 aromatic heterocycles. The highest BCUT2D eigenvalue weighted by molar-refractivity contribution is 7.26. The van der Waals surface area contributed by atoms with Gasteiger partial charge in [-0.3, -0.25) is 0 Å². The summed E-state index contributed by atoms with van der Waals surface area (Å²) in [7, 11) is 0. The highest BCUT2D eigenvalue weighted by Gasteiger charge is 2.16. The van der Waals surface area contributed by atoms with Crippen molar-refractivity contribution < 1.29 is 0 Å². The largest absolute Gasteiger partial charge is 0.310 e. The Hall–Kier alpha value is -7.04. The minimum atomic E-state index is 1.11. The van der Waals surface area contributed by atoms with E-state index in [1.807, 2.05) is 22.7 Å². The van der Waals surface area contributed by atoms with E-state index in [1.165, 1.54) is 95.3 Å². The molecule has 0 aliphatic rings. The first kappa shape index (κ1) is 34.0. The number of benzene rings is 10. The molecule has 12 aromatic rings. The molecule has 0 spiro atoms. The molecule has 0 N–H and O–H groups in total. The topological polar surface area (TPSA) is 3.24 Å². The summed E-state index contributed by atoms with van der Waals surface area (Å²) in [5, 5.41) is 10.2. The molecule has 0 amide bonds. The summed E-state index contributed by atoms with van der Waals surface area (Å²) in [6.45, 7) is 0. The van der Waals surface area contributed by atoms with Gasteiger partial charge in [0.05, 0.1) is 0 Å². The number of hydrogen-bond acceptors (Lipinski definition) is 3. The van der Waals surface area contributed by atoms with Gasteiger partial charge in [-0.2, -0.15) is 0 Å². The summed E-state index contributed by atoms with van der Waals surface area (Å²) in [6, 6.07) is 78.5. The van der Waals surface area contributed by atoms with Crippen molar-refractivity contribution in [2.75, 3.05) is 4.90 Å². The molecule has 0 aliphatic carbocycles. The molecule has 276 valence electrons. The van der Waals surface area contributed by atoms with Crippen molar-refractivity contribution in [3.8, 4) is 33.4 Å². The van der Waals surface area contributed by atoms with E-state index in [-0.39, 0.29) is 0 Å². The van der Waals surface area contributed by atoms with Crippen LogP contribution in [0.4, 0.5) is 17.1 Å². The van der Waals surface area contributed by atoms with Crippen LogP contribution in [-0.2, 0) is 0 Å². The average Bonchev–Trinajstić information content (AvgIpc) is 3.87. The van der Waals surface area contributed by atoms with Crippen molar-refractivity contribution in [1.29, 1.82) is 0 Å². The Morgan fingerprint density at radius 3 is 1.14 bits per heavy atom. The number of fused-ring (bicyclic) bond motifs is 8. The molecule has 0 fully saturated rings. The standard InChI is InChI=1S/C56H35NS2/c1-3-11-39-32-47(25-19-36(39)9-1)57(48-26-20-37-10-2-4-12-40(37)33-48)46-23-17-38(18-24-46)43-29-44(41-21-27-55-51(34-41)49-13-5-7-15-53(49)58-55)31-45(30-43)42-22-28-56-52(35-42)50-14-6-8-16-54(50)59-56/h1-35H. The fourth-order valence-electron chi connectivity index (χ4n) is 8.82. The minimum Gasteiger partial charge on any atom is -0.310 e. The third kappa shape index (κ3) is 5.98. The molecule has 0 saturated heterocycles. The summed E-state index contributed by atoms with van der Waals surface area (Å²) in [5.41, 5.74) is 10.6. The summed E-state index contributed by atoms with van der Waals surface area (Å²) >= 11 is 3.73. The molecule has 3 heteroatoms. The number of nitrogens with zero attached hydrogens (tertiary/aromatic N) is 1. The monoisotopic (exact) mass is 785 g/mol. The van der Waals surface area contributed by atoms with Gasteiger partial charge in [0.1, 0.15) is 0 Å². The summed E-state index contributed by atoms with van der Waals surface area (Å²) in [5.74, 6) is 0. The van der Waals surface area contributed by atoms with Crippen LogP contribution < -0.4 is 4.90 Å². The fraction of sp³-hybridized carbons (Fsp3) is 0. The second kappa shape index (κ2) is 13.8. The van der Waals surface area contributed by atoms with E-state index >= 15 is 0 Å². The quantitative estimate of drug-likeness (QED) is 0.162. The lowest BCUT2D eigenvalue weighted by atomic mass is 9.92. The van der Waals surface area contributed by atoms with E-state index in [4.69, 9.17) is 0 Å². The van der Waals surface area contributed by atoms with Gasteiger partial charge in [0.25, 0.3) is 0 Å². The maximum atomic E-state index is 2.39. The van der Waals surface area contributed by atoms with E-state index in [1.54, 1.807) is 0 Å². The van der Waals surface area contributed by atoms with Gasteiger partial charge in [0.15, 0.2) is 0 Å². The molecular formula is C56H35NS2. The van der Waals surface area contributed by atoms with Crippen LogP contribution in [0.25, 0.3) is 95.3 Å². The molecular weight excluding hydrogens is 751 g/mol. The molecule has 0 radical (unpaired) electrons. The second-order valence-electron chi connectivity index (χ2n) is 15.4. The second-order valence-corrected chi connectivity index (χ2v) is 17.5. The van der Waals surface area contributed by atoms with E-state index in [0.717, 1.165) is 17.1 Å². The van der Waals surface area contributed by atoms with Gasteiger partial charge < -0.3 is 4.90 Å². The Morgan fingerprint density at radius 2 is 0.627 bits per heavy atom. The van der Waals surface area contributed by atoms with Crippen LogP contribution in [0.3, 0.4) is 0 Å². The molecule has 1 nitrogen and oxygen atoms in total. The lowest BCUT2D eigenvalue weighted by Gasteiger charge is -2.26. The van der Waals surface area contributed by atoms with E-state index in [9.17, 15) is 0 Å². The Bertz CT molecular complexity index is 3360. The number of thiophene rings is 2. The maximum absolute atomic E-state index is 2.39. The van der Waals surface area contributed by atoms with Crippen molar-refractivity contribution in [3.05, 3.63) is 212 Å². The molecule has 2 heterocycles.